The molecule has 14 heavy (non-hydrogen) atoms. The standard InChI is InChI=1S/C7H8N2O4S/c8-3-5(11)9-4(7(12)13)2(10)1-14-6(3)9/h3,6,10H,1,8H2,(H,12,13)/t3-,6-/m1/s1. The fourth-order valence-electron chi connectivity index (χ4n) is 1.50. The van der Waals surface area contributed by atoms with Gasteiger partial charge in [0.15, 0.2) is 5.70 Å². The quantitative estimate of drug-likeness (QED) is 0.490. The highest BCUT2D eigenvalue weighted by Crippen LogP contribution is 2.38. The molecule has 6 nitrogen and oxygen atoms in total. The van der Waals surface area contributed by atoms with Crippen molar-refractivity contribution < 1.29 is 19.8 Å². The number of carbonyl (C=O) groups is 2. The van der Waals surface area contributed by atoms with Crippen LogP contribution in [0.1, 0.15) is 0 Å². The fourth-order valence-corrected chi connectivity index (χ4v) is 2.65. The van der Waals surface area contributed by atoms with Gasteiger partial charge in [0.25, 0.3) is 0 Å². The van der Waals surface area contributed by atoms with Crippen molar-refractivity contribution in [3.8, 4) is 0 Å². The van der Waals surface area contributed by atoms with E-state index >= 15 is 0 Å². The topological polar surface area (TPSA) is 104 Å². The third-order valence-corrected chi connectivity index (χ3v) is 3.48. The molecule has 1 saturated heterocycles. The van der Waals surface area contributed by atoms with E-state index in [4.69, 9.17) is 10.8 Å². The summed E-state index contributed by atoms with van der Waals surface area (Å²) in [5.74, 6) is -1.85. The molecular formula is C7H8N2O4S. The molecule has 2 rings (SSSR count). The summed E-state index contributed by atoms with van der Waals surface area (Å²) in [6, 6.07) is -0.651. The molecule has 0 unspecified atom stereocenters. The number of aliphatic carboxylic acids is 1. The van der Waals surface area contributed by atoms with Crippen LogP contribution >= 0.6 is 11.8 Å². The molecule has 2 aliphatic heterocycles. The molecule has 2 atom stereocenters. The first-order valence-electron chi connectivity index (χ1n) is 3.89. The summed E-state index contributed by atoms with van der Waals surface area (Å²) in [5, 5.41) is 17.7. The highest BCUT2D eigenvalue weighted by molar-refractivity contribution is 8.00. The molecule has 2 heterocycles. The molecule has 7 heteroatoms. The normalized spacial score (nSPS) is 31.2. The van der Waals surface area contributed by atoms with Crippen molar-refractivity contribution >= 4 is 23.6 Å². The number of nitrogens with zero attached hydrogens (tertiary/aromatic N) is 1. The lowest BCUT2D eigenvalue weighted by molar-refractivity contribution is -0.148. The highest BCUT2D eigenvalue weighted by atomic mass is 32.2. The minimum absolute atomic E-state index is 0.184. The Morgan fingerprint density at radius 3 is 2.86 bits per heavy atom. The minimum Gasteiger partial charge on any atom is -0.509 e. The lowest BCUT2D eigenvalue weighted by Crippen LogP contribution is -2.68. The van der Waals surface area contributed by atoms with E-state index in [9.17, 15) is 14.7 Å². The number of hydrogen-bond donors (Lipinski definition) is 3. The Morgan fingerprint density at radius 1 is 1.64 bits per heavy atom. The van der Waals surface area contributed by atoms with Gasteiger partial charge in [-0.3, -0.25) is 9.69 Å². The fraction of sp³-hybridized carbons (Fsp3) is 0.429. The second kappa shape index (κ2) is 2.89. The number of carbonyl (C=O) groups excluding carboxylic acids is 1. The van der Waals surface area contributed by atoms with E-state index in [-0.39, 0.29) is 22.6 Å². The number of β-lactam (4-membered cyclic amide) rings is 1. The number of amides is 1. The zero-order chi connectivity index (χ0) is 10.5. The number of fused-ring (bicyclic) bond motifs is 1. The number of thioether (sulfide) groups is 1. The zero-order valence-electron chi connectivity index (χ0n) is 7.01. The maximum atomic E-state index is 11.2. The van der Waals surface area contributed by atoms with Gasteiger partial charge in [0.1, 0.15) is 17.2 Å². The lowest BCUT2D eigenvalue weighted by Gasteiger charge is -2.46. The Bertz CT molecular complexity index is 354. The van der Waals surface area contributed by atoms with Crippen LogP contribution < -0.4 is 5.73 Å². The summed E-state index contributed by atoms with van der Waals surface area (Å²) < 4.78 is 0. The highest BCUT2D eigenvalue weighted by Gasteiger charge is 2.52. The molecule has 1 fully saturated rings. The number of rotatable bonds is 1. The summed E-state index contributed by atoms with van der Waals surface area (Å²) in [6.07, 6.45) is 0. The molecular weight excluding hydrogens is 208 g/mol. The third-order valence-electron chi connectivity index (χ3n) is 2.19. The van der Waals surface area contributed by atoms with Gasteiger partial charge in [-0.25, -0.2) is 4.79 Å². The Morgan fingerprint density at radius 2 is 2.29 bits per heavy atom. The average Bonchev–Trinajstić information content (AvgIpc) is 2.15. The van der Waals surface area contributed by atoms with E-state index in [1.54, 1.807) is 0 Å². The van der Waals surface area contributed by atoms with Gasteiger partial charge < -0.3 is 15.9 Å². The number of hydrogen-bond acceptors (Lipinski definition) is 5. The largest absolute Gasteiger partial charge is 0.509 e. The summed E-state index contributed by atoms with van der Waals surface area (Å²) in [6.45, 7) is 0. The first-order chi connectivity index (χ1) is 6.54. The minimum atomic E-state index is -1.30. The first kappa shape index (κ1) is 9.35. The number of aliphatic hydroxyl groups is 1. The summed E-state index contributed by atoms with van der Waals surface area (Å²) in [4.78, 5) is 23.0. The van der Waals surface area contributed by atoms with Gasteiger partial charge in [0.05, 0.1) is 5.75 Å². The van der Waals surface area contributed by atoms with Crippen LogP contribution in [0.3, 0.4) is 0 Å². The molecule has 0 aromatic heterocycles. The van der Waals surface area contributed by atoms with E-state index in [2.05, 4.69) is 0 Å². The van der Waals surface area contributed by atoms with Crippen LogP contribution in [-0.2, 0) is 9.59 Å². The Hall–Kier alpha value is -1.21. The second-order valence-corrected chi connectivity index (χ2v) is 4.14. The Labute approximate surface area is 83.4 Å². The van der Waals surface area contributed by atoms with Crippen LogP contribution in [0, 0.1) is 0 Å². The summed E-state index contributed by atoms with van der Waals surface area (Å²) in [5.41, 5.74) is 5.14. The van der Waals surface area contributed by atoms with Crippen LogP contribution in [-0.4, -0.2) is 44.2 Å². The van der Waals surface area contributed by atoms with E-state index < -0.39 is 17.9 Å². The number of aliphatic hydroxyl groups excluding tert-OH is 1. The molecule has 0 saturated carbocycles. The van der Waals surface area contributed by atoms with E-state index in [0.717, 1.165) is 4.90 Å². The third kappa shape index (κ3) is 1.02. The average molecular weight is 216 g/mol. The van der Waals surface area contributed by atoms with Crippen molar-refractivity contribution in [2.75, 3.05) is 5.75 Å². The van der Waals surface area contributed by atoms with Gasteiger partial charge in [-0.05, 0) is 0 Å². The van der Waals surface area contributed by atoms with Crippen molar-refractivity contribution in [2.45, 2.75) is 11.4 Å². The number of nitrogens with two attached hydrogens (primary N) is 1. The van der Waals surface area contributed by atoms with Gasteiger partial charge in [-0.15, -0.1) is 11.8 Å². The lowest BCUT2D eigenvalue weighted by atomic mass is 10.1. The molecule has 1 amide bonds. The SMILES string of the molecule is N[C@@H]1C(=O)N2C(C(=O)O)=C(O)CS[C@H]12. The van der Waals surface area contributed by atoms with Crippen LogP contribution in [0.15, 0.2) is 11.5 Å². The molecule has 76 valence electrons. The molecule has 0 bridgehead atoms. The molecule has 2 aliphatic rings. The molecule has 0 radical (unpaired) electrons. The van der Waals surface area contributed by atoms with Crippen LogP contribution in [0.2, 0.25) is 0 Å². The molecule has 0 aliphatic carbocycles. The van der Waals surface area contributed by atoms with Crippen molar-refractivity contribution in [2.24, 2.45) is 5.73 Å². The van der Waals surface area contributed by atoms with E-state index in [1.807, 2.05) is 0 Å². The predicted octanol–water partition coefficient (Wildman–Crippen LogP) is -0.917. The molecule has 0 aromatic rings. The maximum absolute atomic E-state index is 11.2. The Balaban J connectivity index is 2.37. The monoisotopic (exact) mass is 216 g/mol. The maximum Gasteiger partial charge on any atom is 0.356 e. The van der Waals surface area contributed by atoms with Crippen molar-refractivity contribution in [3.05, 3.63) is 11.5 Å². The van der Waals surface area contributed by atoms with Gasteiger partial charge in [-0.2, -0.15) is 0 Å². The second-order valence-electron chi connectivity index (χ2n) is 3.04. The summed E-state index contributed by atoms with van der Waals surface area (Å²) in [7, 11) is 0. The van der Waals surface area contributed by atoms with E-state index in [0.29, 0.717) is 0 Å². The van der Waals surface area contributed by atoms with Crippen LogP contribution in [0.25, 0.3) is 0 Å². The molecule has 0 aromatic carbocycles. The van der Waals surface area contributed by atoms with Crippen molar-refractivity contribution in [3.63, 3.8) is 0 Å². The number of carboxylic acid groups (broad SMARTS) is 1. The predicted molar refractivity (Wildman–Crippen MR) is 48.4 cm³/mol. The first-order valence-corrected chi connectivity index (χ1v) is 4.94. The summed E-state index contributed by atoms with van der Waals surface area (Å²) >= 11 is 1.26. The van der Waals surface area contributed by atoms with Crippen LogP contribution in [0.4, 0.5) is 0 Å². The Kier molecular flexibility index (Phi) is 1.93. The van der Waals surface area contributed by atoms with Crippen molar-refractivity contribution in [1.82, 2.24) is 4.90 Å². The van der Waals surface area contributed by atoms with Gasteiger partial charge in [-0.1, -0.05) is 0 Å². The van der Waals surface area contributed by atoms with Gasteiger partial charge in [0, 0.05) is 0 Å². The van der Waals surface area contributed by atoms with E-state index in [1.165, 1.54) is 11.8 Å². The zero-order valence-corrected chi connectivity index (χ0v) is 7.82. The van der Waals surface area contributed by atoms with Gasteiger partial charge in [0.2, 0.25) is 5.91 Å². The molecule has 4 N–H and O–H groups in total. The smallest absolute Gasteiger partial charge is 0.356 e. The van der Waals surface area contributed by atoms with Crippen LogP contribution in [0.5, 0.6) is 0 Å². The molecule has 0 spiro atoms. The van der Waals surface area contributed by atoms with Crippen molar-refractivity contribution in [1.29, 1.82) is 0 Å². The number of carboxylic acids is 1. The van der Waals surface area contributed by atoms with Gasteiger partial charge >= 0.3 is 5.97 Å².